The summed E-state index contributed by atoms with van der Waals surface area (Å²) in [5.74, 6) is -0.768. The Morgan fingerprint density at radius 2 is 2.50 bits per heavy atom. The van der Waals surface area contributed by atoms with Gasteiger partial charge in [-0.1, -0.05) is 0 Å². The minimum absolute atomic E-state index is 0.00974. The normalized spacial score (nSPS) is 21.1. The third-order valence-electron chi connectivity index (χ3n) is 3.34. The first-order valence-corrected chi connectivity index (χ1v) is 6.17. The lowest BCUT2D eigenvalue weighted by atomic mass is 10.1. The fourth-order valence-electron chi connectivity index (χ4n) is 2.28. The van der Waals surface area contributed by atoms with Crippen molar-refractivity contribution in [2.75, 3.05) is 26.3 Å². The Hall–Kier alpha value is -1.40. The molecule has 0 radical (unpaired) electrons. The number of aliphatic carboxylic acids is 1. The molecule has 1 unspecified atom stereocenters. The molecular weight excluding hydrogens is 234 g/mol. The molecule has 0 aromatic carbocycles. The van der Waals surface area contributed by atoms with Crippen LogP contribution in [-0.2, 0) is 23.0 Å². The molecule has 6 heteroatoms. The van der Waals surface area contributed by atoms with E-state index in [0.29, 0.717) is 13.2 Å². The molecule has 0 spiro atoms. The minimum atomic E-state index is -0.768. The van der Waals surface area contributed by atoms with Crippen LogP contribution >= 0.6 is 0 Å². The molecule has 1 fully saturated rings. The lowest BCUT2D eigenvalue weighted by Crippen LogP contribution is -2.47. The largest absolute Gasteiger partial charge is 0.481 e. The molecule has 2 rings (SSSR count). The number of aryl methyl sites for hydroxylation is 1. The SMILES string of the molecule is Cn1nccc1CCN1CCOCC1CC(=O)O. The van der Waals surface area contributed by atoms with Gasteiger partial charge in [-0.3, -0.25) is 14.4 Å². The second-order valence-corrected chi connectivity index (χ2v) is 4.56. The van der Waals surface area contributed by atoms with Crippen LogP contribution in [0.25, 0.3) is 0 Å². The molecule has 1 atom stereocenters. The molecule has 6 nitrogen and oxygen atoms in total. The lowest BCUT2D eigenvalue weighted by Gasteiger charge is -2.34. The van der Waals surface area contributed by atoms with Crippen LogP contribution in [0.15, 0.2) is 12.3 Å². The van der Waals surface area contributed by atoms with Crippen LogP contribution in [0.5, 0.6) is 0 Å². The average Bonchev–Trinajstić information content (AvgIpc) is 2.73. The van der Waals surface area contributed by atoms with Crippen molar-refractivity contribution in [3.05, 3.63) is 18.0 Å². The Kier molecular flexibility index (Phi) is 4.33. The summed E-state index contributed by atoms with van der Waals surface area (Å²) in [5.41, 5.74) is 1.16. The lowest BCUT2D eigenvalue weighted by molar-refractivity contribution is -0.140. The predicted molar refractivity (Wildman–Crippen MR) is 65.3 cm³/mol. The van der Waals surface area contributed by atoms with E-state index in [1.165, 1.54) is 0 Å². The van der Waals surface area contributed by atoms with Crippen molar-refractivity contribution < 1.29 is 14.6 Å². The highest BCUT2D eigenvalue weighted by Gasteiger charge is 2.24. The van der Waals surface area contributed by atoms with Gasteiger partial charge < -0.3 is 9.84 Å². The fraction of sp³-hybridized carbons (Fsp3) is 0.667. The van der Waals surface area contributed by atoms with Crippen molar-refractivity contribution in [1.82, 2.24) is 14.7 Å². The predicted octanol–water partition coefficient (Wildman–Crippen LogP) is 0.138. The second-order valence-electron chi connectivity index (χ2n) is 4.56. The van der Waals surface area contributed by atoms with Crippen LogP contribution in [0.4, 0.5) is 0 Å². The van der Waals surface area contributed by atoms with Crippen molar-refractivity contribution in [1.29, 1.82) is 0 Å². The summed E-state index contributed by atoms with van der Waals surface area (Å²) in [7, 11) is 1.92. The number of aromatic nitrogens is 2. The molecule has 18 heavy (non-hydrogen) atoms. The number of hydrogen-bond donors (Lipinski definition) is 1. The number of rotatable bonds is 5. The summed E-state index contributed by atoms with van der Waals surface area (Å²) in [6, 6.07) is 1.98. The maximum atomic E-state index is 10.8. The monoisotopic (exact) mass is 253 g/mol. The average molecular weight is 253 g/mol. The number of ether oxygens (including phenoxy) is 1. The second kappa shape index (κ2) is 5.97. The third-order valence-corrected chi connectivity index (χ3v) is 3.34. The molecule has 1 aromatic rings. The van der Waals surface area contributed by atoms with E-state index in [9.17, 15) is 4.79 Å². The van der Waals surface area contributed by atoms with Gasteiger partial charge in [0.05, 0.1) is 19.6 Å². The van der Waals surface area contributed by atoms with Gasteiger partial charge in [-0.15, -0.1) is 0 Å². The quantitative estimate of drug-likeness (QED) is 0.808. The van der Waals surface area contributed by atoms with Crippen LogP contribution in [0.3, 0.4) is 0 Å². The van der Waals surface area contributed by atoms with Gasteiger partial charge >= 0.3 is 5.97 Å². The van der Waals surface area contributed by atoms with E-state index in [2.05, 4.69) is 10.00 Å². The Bertz CT molecular complexity index is 405. The summed E-state index contributed by atoms with van der Waals surface area (Å²) < 4.78 is 7.21. The number of carboxylic acids is 1. The van der Waals surface area contributed by atoms with Crippen molar-refractivity contribution in [3.8, 4) is 0 Å². The highest BCUT2D eigenvalue weighted by Crippen LogP contribution is 2.12. The number of hydrogen-bond acceptors (Lipinski definition) is 4. The van der Waals surface area contributed by atoms with E-state index in [4.69, 9.17) is 9.84 Å². The van der Waals surface area contributed by atoms with Crippen LogP contribution in [-0.4, -0.2) is 58.1 Å². The van der Waals surface area contributed by atoms with Gasteiger partial charge in [0.15, 0.2) is 0 Å². The zero-order valence-electron chi connectivity index (χ0n) is 10.6. The Morgan fingerprint density at radius 1 is 1.67 bits per heavy atom. The molecule has 1 N–H and O–H groups in total. The topological polar surface area (TPSA) is 67.6 Å². The zero-order valence-corrected chi connectivity index (χ0v) is 10.6. The van der Waals surface area contributed by atoms with Gasteiger partial charge in [0.1, 0.15) is 0 Å². The third kappa shape index (κ3) is 3.30. The summed E-state index contributed by atoms with van der Waals surface area (Å²) >= 11 is 0. The molecule has 0 saturated carbocycles. The first kappa shape index (κ1) is 13.0. The molecular formula is C12H19N3O3. The molecule has 0 amide bonds. The molecule has 0 bridgehead atoms. The van der Waals surface area contributed by atoms with Gasteiger partial charge in [-0.2, -0.15) is 5.10 Å². The van der Waals surface area contributed by atoms with Crippen LogP contribution < -0.4 is 0 Å². The number of nitrogens with zero attached hydrogens (tertiary/aromatic N) is 3. The highest BCUT2D eigenvalue weighted by atomic mass is 16.5. The Labute approximate surface area is 106 Å². The standard InChI is InChI=1S/C12H19N3O3/c1-14-10(2-4-13-14)3-5-15-6-7-18-9-11(15)8-12(16)17/h2,4,11H,3,5-9H2,1H3,(H,16,17). The van der Waals surface area contributed by atoms with E-state index < -0.39 is 5.97 Å². The van der Waals surface area contributed by atoms with Gasteiger partial charge in [0.25, 0.3) is 0 Å². The van der Waals surface area contributed by atoms with E-state index in [0.717, 1.165) is 25.2 Å². The van der Waals surface area contributed by atoms with Crippen molar-refractivity contribution in [2.24, 2.45) is 7.05 Å². The van der Waals surface area contributed by atoms with Gasteiger partial charge in [-0.05, 0) is 6.07 Å². The fourth-order valence-corrected chi connectivity index (χ4v) is 2.28. The van der Waals surface area contributed by atoms with Crippen molar-refractivity contribution >= 4 is 5.97 Å². The molecule has 1 aromatic heterocycles. The Balaban J connectivity index is 1.89. The number of carbonyl (C=O) groups is 1. The maximum absolute atomic E-state index is 10.8. The van der Waals surface area contributed by atoms with E-state index >= 15 is 0 Å². The van der Waals surface area contributed by atoms with E-state index in [1.807, 2.05) is 17.8 Å². The van der Waals surface area contributed by atoms with Crippen LogP contribution in [0.1, 0.15) is 12.1 Å². The molecule has 100 valence electrons. The maximum Gasteiger partial charge on any atom is 0.305 e. The summed E-state index contributed by atoms with van der Waals surface area (Å²) in [5, 5.41) is 13.0. The molecule has 1 aliphatic rings. The van der Waals surface area contributed by atoms with Gasteiger partial charge in [-0.25, -0.2) is 0 Å². The zero-order chi connectivity index (χ0) is 13.0. The molecule has 1 aliphatic heterocycles. The molecule has 0 aliphatic carbocycles. The van der Waals surface area contributed by atoms with Crippen LogP contribution in [0, 0.1) is 0 Å². The van der Waals surface area contributed by atoms with Crippen molar-refractivity contribution in [2.45, 2.75) is 18.9 Å². The first-order chi connectivity index (χ1) is 8.66. The van der Waals surface area contributed by atoms with Gasteiger partial charge in [0, 0.05) is 44.5 Å². The van der Waals surface area contributed by atoms with Crippen LogP contribution in [0.2, 0.25) is 0 Å². The highest BCUT2D eigenvalue weighted by molar-refractivity contribution is 5.67. The Morgan fingerprint density at radius 3 is 3.17 bits per heavy atom. The van der Waals surface area contributed by atoms with Crippen molar-refractivity contribution in [3.63, 3.8) is 0 Å². The number of morpholine rings is 1. The van der Waals surface area contributed by atoms with E-state index in [-0.39, 0.29) is 12.5 Å². The molecule has 1 saturated heterocycles. The smallest absolute Gasteiger partial charge is 0.305 e. The van der Waals surface area contributed by atoms with E-state index in [1.54, 1.807) is 6.20 Å². The summed E-state index contributed by atoms with van der Waals surface area (Å²) in [6.45, 7) is 2.84. The molecule has 2 heterocycles. The first-order valence-electron chi connectivity index (χ1n) is 6.17. The number of carboxylic acid groups (broad SMARTS) is 1. The summed E-state index contributed by atoms with van der Waals surface area (Å²) in [6.07, 6.45) is 2.81. The van der Waals surface area contributed by atoms with Gasteiger partial charge in [0.2, 0.25) is 0 Å². The minimum Gasteiger partial charge on any atom is -0.481 e. The summed E-state index contributed by atoms with van der Waals surface area (Å²) in [4.78, 5) is 13.0.